The van der Waals surface area contributed by atoms with Gasteiger partial charge in [-0.25, -0.2) is 13.8 Å². The molecule has 0 spiro atoms. The maximum Gasteiger partial charge on any atom is 0.403 e. The average Bonchev–Trinajstić information content (AvgIpc) is 3.33. The van der Waals surface area contributed by atoms with Crippen LogP contribution in [0.3, 0.4) is 0 Å². The van der Waals surface area contributed by atoms with Gasteiger partial charge in [-0.05, 0) is 25.5 Å². The molecule has 4 rings (SSSR count). The fraction of sp³-hybridized carbons (Fsp3) is 0.500. The maximum absolute atomic E-state index is 13.0. The van der Waals surface area contributed by atoms with Gasteiger partial charge in [-0.3, -0.25) is 9.30 Å². The van der Waals surface area contributed by atoms with E-state index in [-0.39, 0.29) is 18.1 Å². The largest absolute Gasteiger partial charge is 0.403 e. The van der Waals surface area contributed by atoms with Crippen molar-refractivity contribution in [1.29, 1.82) is 0 Å². The molecule has 1 atom stereocenters. The molecular weight excluding hydrogens is 427 g/mol. The number of halogens is 5. The Morgan fingerprint density at radius 2 is 1.80 bits per heavy atom. The third-order valence-corrected chi connectivity index (χ3v) is 6.20. The second-order valence-corrected chi connectivity index (χ2v) is 8.24. The molecule has 1 unspecified atom stereocenters. The molecule has 4 heterocycles. The first-order chi connectivity index (χ1) is 14.1. The van der Waals surface area contributed by atoms with Gasteiger partial charge in [0.25, 0.3) is 6.43 Å². The Balaban J connectivity index is 1.62. The van der Waals surface area contributed by atoms with Crippen LogP contribution in [0.15, 0.2) is 18.5 Å². The van der Waals surface area contributed by atoms with Crippen LogP contribution in [0.1, 0.15) is 23.9 Å². The van der Waals surface area contributed by atoms with E-state index < -0.39 is 18.6 Å². The Kier molecular flexibility index (Phi) is 5.39. The average molecular weight is 446 g/mol. The van der Waals surface area contributed by atoms with Gasteiger partial charge in [0, 0.05) is 32.4 Å². The van der Waals surface area contributed by atoms with Crippen LogP contribution >= 0.6 is 11.3 Å². The van der Waals surface area contributed by atoms with E-state index in [9.17, 15) is 22.0 Å². The molecule has 0 aliphatic carbocycles. The summed E-state index contributed by atoms with van der Waals surface area (Å²) in [7, 11) is 0. The van der Waals surface area contributed by atoms with Crippen molar-refractivity contribution < 1.29 is 22.0 Å². The molecule has 1 fully saturated rings. The van der Waals surface area contributed by atoms with Gasteiger partial charge in [0.2, 0.25) is 0 Å². The van der Waals surface area contributed by atoms with Crippen molar-refractivity contribution in [2.45, 2.75) is 32.5 Å². The number of nitrogens with zero attached hydrogens (tertiary/aromatic N) is 6. The van der Waals surface area contributed by atoms with Crippen LogP contribution in [0.2, 0.25) is 0 Å². The summed E-state index contributed by atoms with van der Waals surface area (Å²) >= 11 is 0.807. The third kappa shape index (κ3) is 3.85. The quantitative estimate of drug-likeness (QED) is 0.563. The van der Waals surface area contributed by atoms with E-state index >= 15 is 0 Å². The smallest absolute Gasteiger partial charge is 0.366 e. The zero-order valence-corrected chi connectivity index (χ0v) is 17.0. The van der Waals surface area contributed by atoms with Crippen LogP contribution in [0.4, 0.5) is 27.6 Å². The van der Waals surface area contributed by atoms with Crippen molar-refractivity contribution in [3.05, 3.63) is 29.0 Å². The number of aromatic nitrogens is 4. The number of rotatable bonds is 4. The van der Waals surface area contributed by atoms with Gasteiger partial charge in [-0.2, -0.15) is 13.2 Å². The third-order valence-electron chi connectivity index (χ3n) is 5.25. The van der Waals surface area contributed by atoms with Crippen molar-refractivity contribution in [3.8, 4) is 10.7 Å². The van der Waals surface area contributed by atoms with Crippen molar-refractivity contribution in [2.75, 3.05) is 31.1 Å². The highest BCUT2D eigenvalue weighted by atomic mass is 32.1. The first-order valence-electron chi connectivity index (χ1n) is 9.30. The summed E-state index contributed by atoms with van der Waals surface area (Å²) in [5, 5.41) is 7.36. The highest BCUT2D eigenvalue weighted by Gasteiger charge is 2.41. The fourth-order valence-corrected chi connectivity index (χ4v) is 4.28. The van der Waals surface area contributed by atoms with Crippen molar-refractivity contribution in [2.24, 2.45) is 0 Å². The molecule has 0 bridgehead atoms. The molecule has 3 aromatic rings. The predicted octanol–water partition coefficient (Wildman–Crippen LogP) is 4.17. The number of alkyl halides is 5. The zero-order chi connectivity index (χ0) is 21.6. The lowest BCUT2D eigenvalue weighted by molar-refractivity contribution is -0.179. The van der Waals surface area contributed by atoms with E-state index in [1.807, 2.05) is 24.1 Å². The van der Waals surface area contributed by atoms with E-state index in [2.05, 4.69) is 15.2 Å². The minimum Gasteiger partial charge on any atom is -0.366 e. The summed E-state index contributed by atoms with van der Waals surface area (Å²) in [5.41, 5.74) is 2.84. The molecule has 12 heteroatoms. The monoisotopic (exact) mass is 446 g/mol. The number of hydrogen-bond acceptors (Lipinski definition) is 6. The van der Waals surface area contributed by atoms with Crippen LogP contribution in [0, 0.1) is 6.92 Å². The van der Waals surface area contributed by atoms with Crippen LogP contribution in [0.5, 0.6) is 0 Å². The van der Waals surface area contributed by atoms with Crippen LogP contribution < -0.4 is 4.90 Å². The minimum atomic E-state index is -4.25. The number of pyridine rings is 1. The van der Waals surface area contributed by atoms with Gasteiger partial charge < -0.3 is 4.90 Å². The number of aryl methyl sites for hydroxylation is 1. The van der Waals surface area contributed by atoms with Gasteiger partial charge in [0.1, 0.15) is 11.7 Å². The highest BCUT2D eigenvalue weighted by Crippen LogP contribution is 2.33. The molecular formula is C18H19F5N6S. The normalized spacial score (nSPS) is 17.3. The summed E-state index contributed by atoms with van der Waals surface area (Å²) in [6, 6.07) is 0.441. The van der Waals surface area contributed by atoms with E-state index in [1.54, 1.807) is 10.6 Å². The Morgan fingerprint density at radius 1 is 1.10 bits per heavy atom. The van der Waals surface area contributed by atoms with Crippen LogP contribution in [0.25, 0.3) is 16.3 Å². The molecule has 0 amide bonds. The lowest BCUT2D eigenvalue weighted by atomic mass is 10.2. The van der Waals surface area contributed by atoms with Crippen molar-refractivity contribution in [3.63, 3.8) is 0 Å². The lowest BCUT2D eigenvalue weighted by Gasteiger charge is -2.39. The van der Waals surface area contributed by atoms with Gasteiger partial charge in [0.15, 0.2) is 15.7 Å². The molecule has 6 nitrogen and oxygen atoms in total. The van der Waals surface area contributed by atoms with E-state index in [0.29, 0.717) is 29.4 Å². The van der Waals surface area contributed by atoms with E-state index in [4.69, 9.17) is 0 Å². The molecule has 0 N–H and O–H groups in total. The highest BCUT2D eigenvalue weighted by molar-refractivity contribution is 7.14. The van der Waals surface area contributed by atoms with Gasteiger partial charge in [0.05, 0.1) is 11.9 Å². The topological polar surface area (TPSA) is 49.6 Å². The molecule has 1 saturated heterocycles. The number of imidazole rings is 1. The fourth-order valence-electron chi connectivity index (χ4n) is 3.58. The summed E-state index contributed by atoms with van der Waals surface area (Å²) in [4.78, 5) is 7.87. The standard InChI is InChI=1S/C18H19F5N6S/c1-10-7-12(28-5-3-27(4-6-28)11(2)18(21,22)23)15-24-8-13(29(15)9-10)16-25-26-17(30-16)14(19)20/h7-9,11,14H,3-6H2,1-2H3. The number of anilines is 1. The predicted molar refractivity (Wildman–Crippen MR) is 103 cm³/mol. The summed E-state index contributed by atoms with van der Waals surface area (Å²) in [6.45, 7) is 4.48. The molecule has 0 radical (unpaired) electrons. The summed E-state index contributed by atoms with van der Waals surface area (Å²) in [5.74, 6) is 0. The first-order valence-corrected chi connectivity index (χ1v) is 10.1. The molecule has 1 aliphatic rings. The molecule has 162 valence electrons. The molecule has 30 heavy (non-hydrogen) atoms. The Morgan fingerprint density at radius 3 is 2.40 bits per heavy atom. The minimum absolute atomic E-state index is 0.280. The molecule has 3 aromatic heterocycles. The van der Waals surface area contributed by atoms with Crippen LogP contribution in [-0.4, -0.2) is 62.9 Å². The number of fused-ring (bicyclic) bond motifs is 1. The Bertz CT molecular complexity index is 1040. The Hall–Kier alpha value is -2.34. The summed E-state index contributed by atoms with van der Waals surface area (Å²) in [6.07, 6.45) is -3.57. The van der Waals surface area contributed by atoms with E-state index in [0.717, 1.165) is 22.6 Å². The second kappa shape index (κ2) is 7.73. The van der Waals surface area contributed by atoms with Gasteiger partial charge >= 0.3 is 6.18 Å². The first kappa shape index (κ1) is 20.9. The number of piperazine rings is 1. The second-order valence-electron chi connectivity index (χ2n) is 7.23. The van der Waals surface area contributed by atoms with Gasteiger partial charge in [-0.15, -0.1) is 10.2 Å². The summed E-state index contributed by atoms with van der Waals surface area (Å²) < 4.78 is 66.5. The zero-order valence-electron chi connectivity index (χ0n) is 16.2. The maximum atomic E-state index is 13.0. The SMILES string of the molecule is Cc1cc(N2CCN(C(C)C(F)(F)F)CC2)c2ncc(-c3nnc(C(F)F)s3)n2c1. The molecule has 0 aromatic carbocycles. The van der Waals surface area contributed by atoms with Crippen molar-refractivity contribution >= 4 is 22.7 Å². The lowest BCUT2D eigenvalue weighted by Crippen LogP contribution is -2.53. The van der Waals surface area contributed by atoms with Gasteiger partial charge in [-0.1, -0.05) is 11.3 Å². The van der Waals surface area contributed by atoms with Crippen molar-refractivity contribution in [1.82, 2.24) is 24.5 Å². The Labute approximate surface area is 173 Å². The molecule has 1 aliphatic heterocycles. The number of hydrogen-bond donors (Lipinski definition) is 0. The van der Waals surface area contributed by atoms with Crippen LogP contribution in [-0.2, 0) is 0 Å². The van der Waals surface area contributed by atoms with E-state index in [1.165, 1.54) is 11.8 Å². The molecule has 0 saturated carbocycles.